The lowest BCUT2D eigenvalue weighted by atomic mass is 10.1. The van der Waals surface area contributed by atoms with E-state index in [9.17, 15) is 4.21 Å². The minimum Gasteiger partial charge on any atom is -0.283 e. The third kappa shape index (κ3) is 2.09. The molecule has 0 fully saturated rings. The van der Waals surface area contributed by atoms with Gasteiger partial charge in [-0.25, -0.2) is 4.21 Å². The number of rotatable bonds is 3. The molecule has 2 aromatic heterocycles. The van der Waals surface area contributed by atoms with Crippen LogP contribution in [-0.2, 0) is 25.1 Å². The summed E-state index contributed by atoms with van der Waals surface area (Å²) >= 11 is 0. The van der Waals surface area contributed by atoms with Gasteiger partial charge in [0.15, 0.2) is 16.8 Å². The van der Waals surface area contributed by atoms with Gasteiger partial charge in [-0.3, -0.25) is 14.1 Å². The number of aromatic nitrogens is 4. The number of anilines is 1. The molecule has 0 bridgehead atoms. The number of nitrogens with one attached hydrogen (secondary N) is 1. The van der Waals surface area contributed by atoms with E-state index < -0.39 is 11.0 Å². The van der Waals surface area contributed by atoms with Crippen LogP contribution >= 0.6 is 0 Å². The fraction of sp³-hybridized carbons (Fsp3) is 0.231. The maximum absolute atomic E-state index is 12.3. The maximum atomic E-state index is 12.3. The summed E-state index contributed by atoms with van der Waals surface area (Å²) in [5.74, 6) is 0.619. The van der Waals surface area contributed by atoms with Crippen molar-refractivity contribution in [1.29, 1.82) is 0 Å². The van der Waals surface area contributed by atoms with Gasteiger partial charge in [-0.2, -0.15) is 10.2 Å². The van der Waals surface area contributed by atoms with Gasteiger partial charge in [0.1, 0.15) is 0 Å². The van der Waals surface area contributed by atoms with Gasteiger partial charge in [0, 0.05) is 25.7 Å². The lowest BCUT2D eigenvalue weighted by molar-refractivity contribution is 0.685. The van der Waals surface area contributed by atoms with Crippen LogP contribution in [0.1, 0.15) is 5.56 Å². The molecule has 1 unspecified atom stereocenters. The number of para-hydroxylation sites is 1. The second-order valence-electron chi connectivity index (χ2n) is 4.66. The van der Waals surface area contributed by atoms with E-state index in [1.807, 2.05) is 32.2 Å². The summed E-state index contributed by atoms with van der Waals surface area (Å²) in [6.45, 7) is 2.03. The molecule has 104 valence electrons. The average Bonchev–Trinajstić information content (AvgIpc) is 2.96. The standard InChI is InChI=1S/C13H15N5OS/c1-9-5-4-6-11-12(9)18(3)15-13(11)16-20(19)10-7-14-17(2)8-10/h4-8H,1-3H3,(H,15,16). The third-order valence-electron chi connectivity index (χ3n) is 3.15. The molecule has 0 aliphatic rings. The van der Waals surface area contributed by atoms with Crippen LogP contribution in [0.4, 0.5) is 5.82 Å². The number of fused-ring (bicyclic) bond motifs is 1. The zero-order chi connectivity index (χ0) is 14.3. The highest BCUT2D eigenvalue weighted by Crippen LogP contribution is 2.25. The van der Waals surface area contributed by atoms with Crippen LogP contribution in [-0.4, -0.2) is 23.8 Å². The molecular formula is C13H15N5OS. The molecule has 0 amide bonds. The molecular weight excluding hydrogens is 274 g/mol. The van der Waals surface area contributed by atoms with Gasteiger partial charge in [0.05, 0.1) is 16.6 Å². The predicted molar refractivity (Wildman–Crippen MR) is 78.7 cm³/mol. The van der Waals surface area contributed by atoms with E-state index in [1.54, 1.807) is 28.8 Å². The van der Waals surface area contributed by atoms with Crippen molar-refractivity contribution in [3.8, 4) is 0 Å². The first-order chi connectivity index (χ1) is 9.56. The van der Waals surface area contributed by atoms with Crippen molar-refractivity contribution in [2.45, 2.75) is 11.8 Å². The van der Waals surface area contributed by atoms with Crippen LogP contribution in [0.2, 0.25) is 0 Å². The van der Waals surface area contributed by atoms with Gasteiger partial charge in [0.25, 0.3) is 0 Å². The van der Waals surface area contributed by atoms with Crippen molar-refractivity contribution in [1.82, 2.24) is 19.6 Å². The molecule has 2 heterocycles. The molecule has 6 nitrogen and oxygen atoms in total. The summed E-state index contributed by atoms with van der Waals surface area (Å²) in [7, 11) is 2.30. The average molecular weight is 289 g/mol. The smallest absolute Gasteiger partial charge is 0.167 e. The quantitative estimate of drug-likeness (QED) is 0.799. The van der Waals surface area contributed by atoms with Gasteiger partial charge in [-0.05, 0) is 18.6 Å². The maximum Gasteiger partial charge on any atom is 0.167 e. The largest absolute Gasteiger partial charge is 0.283 e. The van der Waals surface area contributed by atoms with Crippen molar-refractivity contribution in [2.24, 2.45) is 14.1 Å². The Morgan fingerprint density at radius 3 is 2.80 bits per heavy atom. The van der Waals surface area contributed by atoms with E-state index in [2.05, 4.69) is 14.9 Å². The number of nitrogens with zero attached hydrogens (tertiary/aromatic N) is 4. The summed E-state index contributed by atoms with van der Waals surface area (Å²) in [4.78, 5) is 0.624. The number of benzene rings is 1. The van der Waals surface area contributed by atoms with Crippen LogP contribution in [0, 0.1) is 6.92 Å². The Morgan fingerprint density at radius 1 is 1.30 bits per heavy atom. The minimum absolute atomic E-state index is 0.619. The zero-order valence-corrected chi connectivity index (χ0v) is 12.3. The first kappa shape index (κ1) is 12.9. The molecule has 0 aliphatic heterocycles. The summed E-state index contributed by atoms with van der Waals surface area (Å²) < 4.78 is 18.6. The molecule has 3 aromatic rings. The van der Waals surface area contributed by atoms with Crippen molar-refractivity contribution in [3.05, 3.63) is 36.2 Å². The van der Waals surface area contributed by atoms with E-state index >= 15 is 0 Å². The molecule has 0 aliphatic carbocycles. The monoisotopic (exact) mass is 289 g/mol. The van der Waals surface area contributed by atoms with Crippen molar-refractivity contribution in [3.63, 3.8) is 0 Å². The molecule has 1 N–H and O–H groups in total. The van der Waals surface area contributed by atoms with Crippen molar-refractivity contribution < 1.29 is 4.21 Å². The topological polar surface area (TPSA) is 64.7 Å². The Balaban J connectivity index is 1.99. The molecule has 0 saturated carbocycles. The lowest BCUT2D eigenvalue weighted by Crippen LogP contribution is -2.05. The van der Waals surface area contributed by atoms with Gasteiger partial charge >= 0.3 is 0 Å². The Labute approximate surface area is 119 Å². The summed E-state index contributed by atoms with van der Waals surface area (Å²) in [5, 5.41) is 9.39. The molecule has 0 spiro atoms. The number of aryl methyl sites for hydroxylation is 3. The predicted octanol–water partition coefficient (Wildman–Crippen LogP) is 1.75. The SMILES string of the molecule is Cc1cccc2c(NS(=O)c3cnn(C)c3)nn(C)c12. The molecule has 0 saturated heterocycles. The first-order valence-electron chi connectivity index (χ1n) is 6.15. The van der Waals surface area contributed by atoms with Crippen LogP contribution in [0.5, 0.6) is 0 Å². The van der Waals surface area contributed by atoms with Gasteiger partial charge in [-0.15, -0.1) is 0 Å². The second-order valence-corrected chi connectivity index (χ2v) is 5.88. The van der Waals surface area contributed by atoms with E-state index in [-0.39, 0.29) is 0 Å². The van der Waals surface area contributed by atoms with Crippen molar-refractivity contribution >= 4 is 27.7 Å². The summed E-state index contributed by atoms with van der Waals surface area (Å²) in [6.07, 6.45) is 3.30. The highest BCUT2D eigenvalue weighted by atomic mass is 32.2. The summed E-state index contributed by atoms with van der Waals surface area (Å²) in [6, 6.07) is 5.97. The molecule has 20 heavy (non-hydrogen) atoms. The highest BCUT2D eigenvalue weighted by molar-refractivity contribution is 7.86. The molecule has 1 atom stereocenters. The van der Waals surface area contributed by atoms with Crippen molar-refractivity contribution in [2.75, 3.05) is 4.72 Å². The van der Waals surface area contributed by atoms with E-state index in [1.165, 1.54) is 0 Å². The van der Waals surface area contributed by atoms with Gasteiger partial charge in [-0.1, -0.05) is 12.1 Å². The highest BCUT2D eigenvalue weighted by Gasteiger charge is 2.13. The summed E-state index contributed by atoms with van der Waals surface area (Å²) in [5.41, 5.74) is 2.18. The first-order valence-corrected chi connectivity index (χ1v) is 7.30. The molecule has 0 radical (unpaired) electrons. The van der Waals surface area contributed by atoms with Crippen LogP contribution in [0.25, 0.3) is 10.9 Å². The van der Waals surface area contributed by atoms with Crippen LogP contribution in [0.3, 0.4) is 0 Å². The minimum atomic E-state index is -1.37. The molecule has 7 heteroatoms. The third-order valence-corrected chi connectivity index (χ3v) is 4.17. The Morgan fingerprint density at radius 2 is 2.10 bits per heavy atom. The van der Waals surface area contributed by atoms with Crippen LogP contribution < -0.4 is 4.72 Å². The molecule has 3 rings (SSSR count). The number of hydrogen-bond acceptors (Lipinski definition) is 3. The Kier molecular flexibility index (Phi) is 3.06. The normalized spacial score (nSPS) is 12.8. The fourth-order valence-corrected chi connectivity index (χ4v) is 3.09. The Hall–Kier alpha value is -2.15. The Bertz CT molecular complexity index is 804. The van der Waals surface area contributed by atoms with E-state index in [4.69, 9.17) is 0 Å². The van der Waals surface area contributed by atoms with E-state index in [0.29, 0.717) is 10.7 Å². The lowest BCUT2D eigenvalue weighted by Gasteiger charge is -2.01. The molecule has 1 aromatic carbocycles. The van der Waals surface area contributed by atoms with Gasteiger partial charge < -0.3 is 0 Å². The van der Waals surface area contributed by atoms with Crippen LogP contribution in [0.15, 0.2) is 35.5 Å². The fourth-order valence-electron chi connectivity index (χ4n) is 2.25. The van der Waals surface area contributed by atoms with Gasteiger partial charge in [0.2, 0.25) is 0 Å². The second kappa shape index (κ2) is 4.75. The zero-order valence-electron chi connectivity index (χ0n) is 11.5. The number of hydrogen-bond donors (Lipinski definition) is 1. The van der Waals surface area contributed by atoms with E-state index in [0.717, 1.165) is 16.5 Å².